The highest BCUT2D eigenvalue weighted by atomic mass is 16.5. The average molecular weight is 227 g/mol. The van der Waals surface area contributed by atoms with Crippen LogP contribution in [0.4, 0.5) is 0 Å². The molecule has 1 saturated heterocycles. The van der Waals surface area contributed by atoms with Crippen molar-refractivity contribution >= 4 is 0 Å². The molecule has 1 N–H and O–H groups in total. The zero-order valence-corrected chi connectivity index (χ0v) is 11.1. The zero-order chi connectivity index (χ0) is 11.6. The van der Waals surface area contributed by atoms with Crippen LogP contribution in [-0.2, 0) is 4.74 Å². The van der Waals surface area contributed by atoms with Gasteiger partial charge in [-0.15, -0.1) is 0 Å². The SMILES string of the molecule is CCCCCC(CC1CCOC1)NCCC. The second kappa shape index (κ2) is 9.00. The highest BCUT2D eigenvalue weighted by Crippen LogP contribution is 2.20. The normalized spacial score (nSPS) is 22.5. The van der Waals surface area contributed by atoms with Gasteiger partial charge in [0, 0.05) is 19.3 Å². The molecule has 0 aromatic rings. The van der Waals surface area contributed by atoms with Crippen molar-refractivity contribution in [2.75, 3.05) is 19.8 Å². The van der Waals surface area contributed by atoms with Crippen LogP contribution < -0.4 is 5.32 Å². The zero-order valence-electron chi connectivity index (χ0n) is 11.1. The lowest BCUT2D eigenvalue weighted by Gasteiger charge is -2.21. The molecule has 1 heterocycles. The summed E-state index contributed by atoms with van der Waals surface area (Å²) in [4.78, 5) is 0. The number of ether oxygens (including phenoxy) is 1. The molecule has 1 aliphatic heterocycles. The molecule has 2 heteroatoms. The summed E-state index contributed by atoms with van der Waals surface area (Å²) in [6, 6.07) is 0.734. The van der Waals surface area contributed by atoms with Gasteiger partial charge >= 0.3 is 0 Å². The third kappa shape index (κ3) is 5.86. The third-order valence-corrected chi connectivity index (χ3v) is 3.48. The summed E-state index contributed by atoms with van der Waals surface area (Å²) in [5, 5.41) is 3.70. The Balaban J connectivity index is 2.18. The Bertz CT molecular complexity index is 155. The van der Waals surface area contributed by atoms with Gasteiger partial charge in [-0.05, 0) is 38.1 Å². The second-order valence-corrected chi connectivity index (χ2v) is 5.11. The topological polar surface area (TPSA) is 21.3 Å². The minimum absolute atomic E-state index is 0.734. The lowest BCUT2D eigenvalue weighted by atomic mass is 9.95. The van der Waals surface area contributed by atoms with Crippen molar-refractivity contribution in [2.45, 2.75) is 64.8 Å². The van der Waals surface area contributed by atoms with E-state index >= 15 is 0 Å². The maximum absolute atomic E-state index is 5.46. The predicted molar refractivity (Wildman–Crippen MR) is 69.8 cm³/mol. The Morgan fingerprint density at radius 2 is 2.12 bits per heavy atom. The average Bonchev–Trinajstić information content (AvgIpc) is 2.78. The van der Waals surface area contributed by atoms with Crippen LogP contribution in [0, 0.1) is 5.92 Å². The summed E-state index contributed by atoms with van der Waals surface area (Å²) in [6.45, 7) is 7.68. The van der Waals surface area contributed by atoms with E-state index < -0.39 is 0 Å². The molecule has 0 aliphatic carbocycles. The van der Waals surface area contributed by atoms with Gasteiger partial charge in [-0.25, -0.2) is 0 Å². The van der Waals surface area contributed by atoms with Crippen LogP contribution in [-0.4, -0.2) is 25.8 Å². The molecule has 16 heavy (non-hydrogen) atoms. The van der Waals surface area contributed by atoms with Gasteiger partial charge in [-0.3, -0.25) is 0 Å². The fourth-order valence-electron chi connectivity index (χ4n) is 2.46. The van der Waals surface area contributed by atoms with Crippen molar-refractivity contribution in [3.63, 3.8) is 0 Å². The van der Waals surface area contributed by atoms with E-state index in [-0.39, 0.29) is 0 Å². The molecule has 0 bridgehead atoms. The Morgan fingerprint density at radius 1 is 1.25 bits per heavy atom. The minimum Gasteiger partial charge on any atom is -0.381 e. The Kier molecular flexibility index (Phi) is 7.87. The molecule has 1 aliphatic rings. The first-order valence-electron chi connectivity index (χ1n) is 7.18. The van der Waals surface area contributed by atoms with Crippen LogP contribution in [0.1, 0.15) is 58.8 Å². The maximum Gasteiger partial charge on any atom is 0.0495 e. The smallest absolute Gasteiger partial charge is 0.0495 e. The maximum atomic E-state index is 5.46. The quantitative estimate of drug-likeness (QED) is 0.610. The predicted octanol–water partition coefficient (Wildman–Crippen LogP) is 3.36. The summed E-state index contributed by atoms with van der Waals surface area (Å²) in [5.41, 5.74) is 0. The summed E-state index contributed by atoms with van der Waals surface area (Å²) < 4.78 is 5.46. The molecule has 1 fully saturated rings. The van der Waals surface area contributed by atoms with Gasteiger partial charge in [0.25, 0.3) is 0 Å². The molecule has 0 spiro atoms. The van der Waals surface area contributed by atoms with Crippen molar-refractivity contribution in [1.82, 2.24) is 5.32 Å². The van der Waals surface area contributed by atoms with Crippen LogP contribution in [0.15, 0.2) is 0 Å². The van der Waals surface area contributed by atoms with Crippen molar-refractivity contribution in [2.24, 2.45) is 5.92 Å². The molecule has 2 nitrogen and oxygen atoms in total. The number of hydrogen-bond donors (Lipinski definition) is 1. The summed E-state index contributed by atoms with van der Waals surface area (Å²) in [7, 11) is 0. The number of unbranched alkanes of at least 4 members (excludes halogenated alkanes) is 2. The third-order valence-electron chi connectivity index (χ3n) is 3.48. The standard InChI is InChI=1S/C14H29NO/c1-3-5-6-7-14(15-9-4-2)11-13-8-10-16-12-13/h13-15H,3-12H2,1-2H3. The summed E-state index contributed by atoms with van der Waals surface area (Å²) in [5.74, 6) is 0.816. The van der Waals surface area contributed by atoms with E-state index in [2.05, 4.69) is 19.2 Å². The molecule has 0 aromatic carbocycles. The molecule has 0 saturated carbocycles. The van der Waals surface area contributed by atoms with Crippen LogP contribution >= 0.6 is 0 Å². The monoisotopic (exact) mass is 227 g/mol. The van der Waals surface area contributed by atoms with Crippen molar-refractivity contribution in [1.29, 1.82) is 0 Å². The lowest BCUT2D eigenvalue weighted by molar-refractivity contribution is 0.180. The Labute approximate surface area is 101 Å². The molecule has 2 atom stereocenters. The van der Waals surface area contributed by atoms with Crippen molar-refractivity contribution < 1.29 is 4.74 Å². The lowest BCUT2D eigenvalue weighted by Crippen LogP contribution is -2.32. The van der Waals surface area contributed by atoms with Gasteiger partial charge in [0.05, 0.1) is 0 Å². The first-order chi connectivity index (χ1) is 7.86. The summed E-state index contributed by atoms with van der Waals surface area (Å²) in [6.07, 6.45) is 9.28. The molecule has 0 amide bonds. The highest BCUT2D eigenvalue weighted by Gasteiger charge is 2.19. The van der Waals surface area contributed by atoms with E-state index in [9.17, 15) is 0 Å². The fourth-order valence-corrected chi connectivity index (χ4v) is 2.46. The van der Waals surface area contributed by atoms with Gasteiger partial charge in [-0.2, -0.15) is 0 Å². The molecule has 0 radical (unpaired) electrons. The molecule has 2 unspecified atom stereocenters. The molecule has 0 aromatic heterocycles. The van der Waals surface area contributed by atoms with Gasteiger partial charge in [0.1, 0.15) is 0 Å². The van der Waals surface area contributed by atoms with E-state index in [1.165, 1.54) is 51.5 Å². The summed E-state index contributed by atoms with van der Waals surface area (Å²) >= 11 is 0. The van der Waals surface area contributed by atoms with Gasteiger partial charge in [0.15, 0.2) is 0 Å². The second-order valence-electron chi connectivity index (χ2n) is 5.11. The van der Waals surface area contributed by atoms with Crippen LogP contribution in [0.5, 0.6) is 0 Å². The van der Waals surface area contributed by atoms with Crippen LogP contribution in [0.25, 0.3) is 0 Å². The fraction of sp³-hybridized carbons (Fsp3) is 1.00. The molecular formula is C14H29NO. The van der Waals surface area contributed by atoms with Gasteiger partial charge < -0.3 is 10.1 Å². The highest BCUT2D eigenvalue weighted by molar-refractivity contribution is 4.74. The van der Waals surface area contributed by atoms with E-state index in [1.54, 1.807) is 0 Å². The van der Waals surface area contributed by atoms with Crippen molar-refractivity contribution in [3.05, 3.63) is 0 Å². The van der Waals surface area contributed by atoms with Gasteiger partial charge in [-0.1, -0.05) is 33.1 Å². The number of hydrogen-bond acceptors (Lipinski definition) is 2. The first-order valence-corrected chi connectivity index (χ1v) is 7.18. The number of nitrogens with one attached hydrogen (secondary N) is 1. The van der Waals surface area contributed by atoms with Crippen molar-refractivity contribution in [3.8, 4) is 0 Å². The first kappa shape index (κ1) is 14.0. The molecule has 1 rings (SSSR count). The van der Waals surface area contributed by atoms with E-state index in [0.717, 1.165) is 25.2 Å². The largest absolute Gasteiger partial charge is 0.381 e. The molecule has 96 valence electrons. The minimum atomic E-state index is 0.734. The van der Waals surface area contributed by atoms with E-state index in [1.807, 2.05) is 0 Å². The Morgan fingerprint density at radius 3 is 2.75 bits per heavy atom. The van der Waals surface area contributed by atoms with Gasteiger partial charge in [0.2, 0.25) is 0 Å². The Hall–Kier alpha value is -0.0800. The van der Waals surface area contributed by atoms with Crippen LogP contribution in [0.3, 0.4) is 0 Å². The van der Waals surface area contributed by atoms with E-state index in [4.69, 9.17) is 4.74 Å². The number of rotatable bonds is 9. The van der Waals surface area contributed by atoms with E-state index in [0.29, 0.717) is 0 Å². The van der Waals surface area contributed by atoms with Crippen LogP contribution in [0.2, 0.25) is 0 Å². The molecular weight excluding hydrogens is 198 g/mol.